The Balaban J connectivity index is 2.10. The number of aliphatic hydroxyl groups excluding tert-OH is 7. The van der Waals surface area contributed by atoms with Crippen LogP contribution in [-0.2, 0) is 14.3 Å². The zero-order chi connectivity index (χ0) is 67.4. The maximum Gasteiger partial charge on any atom is 0.249 e. The Bertz CT molecular complexity index is 1520. The van der Waals surface area contributed by atoms with Crippen molar-refractivity contribution in [2.75, 3.05) is 13.2 Å². The highest BCUT2D eigenvalue weighted by atomic mass is 16.7. The number of hydrogen-bond acceptors (Lipinski definition) is 10. The number of carbonyl (C=O) groups is 1. The molecule has 1 aliphatic rings. The highest BCUT2D eigenvalue weighted by Gasteiger charge is 2.44. The zero-order valence-corrected chi connectivity index (χ0v) is 61.8. The van der Waals surface area contributed by atoms with Gasteiger partial charge >= 0.3 is 0 Å². The number of nitrogens with one attached hydrogen (secondary N) is 1. The van der Waals surface area contributed by atoms with E-state index in [9.17, 15) is 40.5 Å². The van der Waals surface area contributed by atoms with Gasteiger partial charge < -0.3 is 50.5 Å². The predicted molar refractivity (Wildman–Crippen MR) is 395 cm³/mol. The Morgan fingerprint density at radius 3 is 0.925 bits per heavy atom. The third-order valence-corrected chi connectivity index (χ3v) is 20.6. The number of hydrogen-bond donors (Lipinski definition) is 8. The quantitative estimate of drug-likeness (QED) is 0.0215. The molecule has 1 aliphatic heterocycles. The summed E-state index contributed by atoms with van der Waals surface area (Å²) in [6.07, 6.45) is 79.3. The Kier molecular flexibility index (Phi) is 68.3. The molecule has 0 spiro atoms. The van der Waals surface area contributed by atoms with Gasteiger partial charge in [-0.25, -0.2) is 0 Å². The van der Waals surface area contributed by atoms with E-state index in [2.05, 4.69) is 31.3 Å². The molecule has 9 atom stereocenters. The Morgan fingerprint density at radius 1 is 0.366 bits per heavy atom. The number of carbonyl (C=O) groups excluding carboxylic acids is 1. The number of ether oxygens (including phenoxy) is 2. The van der Waals surface area contributed by atoms with Gasteiger partial charge in [0.2, 0.25) is 5.91 Å². The summed E-state index contributed by atoms with van der Waals surface area (Å²) in [7, 11) is 0. The van der Waals surface area contributed by atoms with Crippen molar-refractivity contribution in [3.05, 3.63) is 12.2 Å². The second kappa shape index (κ2) is 70.7. The second-order valence-corrected chi connectivity index (χ2v) is 29.6. The molecule has 0 aromatic rings. The largest absolute Gasteiger partial charge is 0.394 e. The molecular formula is C82H161NO10. The van der Waals surface area contributed by atoms with Crippen LogP contribution < -0.4 is 5.32 Å². The fourth-order valence-electron chi connectivity index (χ4n) is 14.0. The van der Waals surface area contributed by atoms with Crippen molar-refractivity contribution in [2.24, 2.45) is 0 Å². The number of allylic oxidation sites excluding steroid dienone is 2. The third kappa shape index (κ3) is 57.3. The van der Waals surface area contributed by atoms with Crippen molar-refractivity contribution < 1.29 is 50.0 Å². The van der Waals surface area contributed by atoms with Crippen molar-refractivity contribution in [3.63, 3.8) is 0 Å². The van der Waals surface area contributed by atoms with Crippen molar-refractivity contribution in [2.45, 2.75) is 493 Å². The molecule has 0 saturated carbocycles. The maximum atomic E-state index is 13.3. The minimum Gasteiger partial charge on any atom is -0.394 e. The normalized spacial score (nSPS) is 18.2. The molecule has 1 fully saturated rings. The summed E-state index contributed by atoms with van der Waals surface area (Å²) in [5, 5.41) is 76.7. The monoisotopic (exact) mass is 1320 g/mol. The molecule has 1 rings (SSSR count). The van der Waals surface area contributed by atoms with Crippen LogP contribution in [-0.4, -0.2) is 110 Å². The lowest BCUT2D eigenvalue weighted by Gasteiger charge is -2.40. The predicted octanol–water partition coefficient (Wildman–Crippen LogP) is 21.7. The maximum absolute atomic E-state index is 13.3. The average molecular weight is 1320 g/mol. The molecule has 1 heterocycles. The summed E-state index contributed by atoms with van der Waals surface area (Å²) in [4.78, 5) is 13.3. The van der Waals surface area contributed by atoms with Crippen LogP contribution in [0, 0.1) is 0 Å². The molecule has 554 valence electrons. The molecule has 1 saturated heterocycles. The van der Waals surface area contributed by atoms with Gasteiger partial charge in [0.25, 0.3) is 0 Å². The molecule has 0 radical (unpaired) electrons. The second-order valence-electron chi connectivity index (χ2n) is 29.6. The van der Waals surface area contributed by atoms with E-state index >= 15 is 0 Å². The van der Waals surface area contributed by atoms with E-state index in [-0.39, 0.29) is 12.8 Å². The lowest BCUT2D eigenvalue weighted by molar-refractivity contribution is -0.303. The van der Waals surface area contributed by atoms with Crippen LogP contribution in [0.4, 0.5) is 0 Å². The summed E-state index contributed by atoms with van der Waals surface area (Å²) in [5.41, 5.74) is 0. The van der Waals surface area contributed by atoms with E-state index in [1.165, 1.54) is 366 Å². The molecule has 0 aromatic carbocycles. The van der Waals surface area contributed by atoms with Gasteiger partial charge in [-0.1, -0.05) is 411 Å². The van der Waals surface area contributed by atoms with Crippen LogP contribution in [0.2, 0.25) is 0 Å². The zero-order valence-electron chi connectivity index (χ0n) is 61.8. The third-order valence-electron chi connectivity index (χ3n) is 20.6. The minimum absolute atomic E-state index is 0.260. The highest BCUT2D eigenvalue weighted by molar-refractivity contribution is 5.80. The lowest BCUT2D eigenvalue weighted by Crippen LogP contribution is -2.60. The summed E-state index contributed by atoms with van der Waals surface area (Å²) in [6, 6.07) is -1.18. The van der Waals surface area contributed by atoms with Gasteiger partial charge in [-0.2, -0.15) is 0 Å². The van der Waals surface area contributed by atoms with Gasteiger partial charge in [0, 0.05) is 0 Å². The SMILES string of the molecule is CCCCCCCCCCCCCCCCCCCCCCCCC/C=C/CCCC(O)C(O)C(COC1OC(CO)C(O)C(O)C1O)NC(=O)C(O)CCCCCCCCCCCCCCCCCCCCCCCCCCCCCCCCCCCCCCCC. The van der Waals surface area contributed by atoms with Crippen LogP contribution in [0.25, 0.3) is 0 Å². The van der Waals surface area contributed by atoms with Gasteiger partial charge in [0.15, 0.2) is 6.29 Å². The summed E-state index contributed by atoms with van der Waals surface area (Å²) < 4.78 is 11.2. The summed E-state index contributed by atoms with van der Waals surface area (Å²) >= 11 is 0. The van der Waals surface area contributed by atoms with E-state index in [4.69, 9.17) is 9.47 Å². The van der Waals surface area contributed by atoms with Crippen molar-refractivity contribution in [3.8, 4) is 0 Å². The fraction of sp³-hybridized carbons (Fsp3) is 0.963. The molecule has 0 bridgehead atoms. The first-order chi connectivity index (χ1) is 45.7. The summed E-state index contributed by atoms with van der Waals surface area (Å²) in [5.74, 6) is -0.696. The topological polar surface area (TPSA) is 189 Å². The summed E-state index contributed by atoms with van der Waals surface area (Å²) in [6.45, 7) is 3.53. The molecule has 93 heavy (non-hydrogen) atoms. The van der Waals surface area contributed by atoms with Crippen molar-refractivity contribution in [1.29, 1.82) is 0 Å². The Labute approximate surface area is 576 Å². The van der Waals surface area contributed by atoms with Gasteiger partial charge in [-0.05, 0) is 38.5 Å². The van der Waals surface area contributed by atoms with Crippen molar-refractivity contribution >= 4 is 5.91 Å². The first kappa shape index (κ1) is 89.9. The first-order valence-corrected chi connectivity index (χ1v) is 41.6. The smallest absolute Gasteiger partial charge is 0.249 e. The number of rotatable bonds is 75. The van der Waals surface area contributed by atoms with Gasteiger partial charge in [0.1, 0.15) is 36.6 Å². The molecule has 11 heteroatoms. The molecular weight excluding hydrogens is 1160 g/mol. The van der Waals surface area contributed by atoms with Gasteiger partial charge in [-0.15, -0.1) is 0 Å². The van der Waals surface area contributed by atoms with Crippen LogP contribution in [0.3, 0.4) is 0 Å². The minimum atomic E-state index is -1.67. The van der Waals surface area contributed by atoms with E-state index in [0.717, 1.165) is 32.1 Å². The van der Waals surface area contributed by atoms with Crippen LogP contribution in [0.5, 0.6) is 0 Å². The van der Waals surface area contributed by atoms with Crippen LogP contribution in [0.15, 0.2) is 12.2 Å². The number of unbranched alkanes of at least 4 members (excludes halogenated alkanes) is 61. The van der Waals surface area contributed by atoms with E-state index in [1.807, 2.05) is 0 Å². The van der Waals surface area contributed by atoms with Gasteiger partial charge in [0.05, 0.1) is 25.4 Å². The van der Waals surface area contributed by atoms with Crippen molar-refractivity contribution in [1.82, 2.24) is 5.32 Å². The van der Waals surface area contributed by atoms with Crippen LogP contribution in [0.1, 0.15) is 438 Å². The molecule has 11 nitrogen and oxygen atoms in total. The van der Waals surface area contributed by atoms with E-state index in [1.54, 1.807) is 0 Å². The highest BCUT2D eigenvalue weighted by Crippen LogP contribution is 2.25. The standard InChI is InChI=1S/C82H161NO10/c1-3-5-7-9-11-13-15-17-19-21-23-25-27-29-31-33-34-35-36-37-38-39-40-41-42-44-46-48-50-52-54-56-58-60-62-64-66-68-70-75(86)81(91)83-73(72-92-82-80(90)79(89)78(88)76(71-84)93-82)77(87)74(85)69-67-65-63-61-59-57-55-53-51-49-47-45-43-32-30-28-26-24-22-20-18-16-14-12-10-8-6-4-2/h61,63,73-80,82,84-90H,3-60,62,64-72H2,1-2H3,(H,83,91)/b63-61+. The van der Waals surface area contributed by atoms with E-state index in [0.29, 0.717) is 12.8 Å². The number of amides is 1. The van der Waals surface area contributed by atoms with E-state index < -0.39 is 74.2 Å². The van der Waals surface area contributed by atoms with Crippen LogP contribution >= 0.6 is 0 Å². The van der Waals surface area contributed by atoms with Gasteiger partial charge in [-0.3, -0.25) is 4.79 Å². The fourth-order valence-corrected chi connectivity index (χ4v) is 14.0. The lowest BCUT2D eigenvalue weighted by atomic mass is 9.98. The molecule has 0 aromatic heterocycles. The molecule has 1 amide bonds. The first-order valence-electron chi connectivity index (χ1n) is 41.6. The number of aliphatic hydroxyl groups is 7. The molecule has 8 N–H and O–H groups in total. The Hall–Kier alpha value is -1.15. The Morgan fingerprint density at radius 2 is 0.634 bits per heavy atom. The molecule has 9 unspecified atom stereocenters. The average Bonchev–Trinajstić information content (AvgIpc) is 1.04. The molecule has 0 aliphatic carbocycles.